The Kier molecular flexibility index (Phi) is 3.07. The third kappa shape index (κ3) is 2.05. The number of allylic oxidation sites excluding steroid dienone is 2. The molecule has 80 valence electrons. The fraction of sp³-hybridized carbons (Fsp3) is 0.385. The number of ether oxygens (including phenoxy) is 1. The van der Waals surface area contributed by atoms with Gasteiger partial charge in [0.05, 0.1) is 13.2 Å². The molecule has 0 aromatic heterocycles. The van der Waals surface area contributed by atoms with Crippen LogP contribution in [0, 0.1) is 5.92 Å². The molecule has 1 aromatic carbocycles. The highest BCUT2D eigenvalue weighted by molar-refractivity contribution is 5.35. The molecule has 2 heteroatoms. The van der Waals surface area contributed by atoms with Crippen molar-refractivity contribution in [1.82, 2.24) is 0 Å². The molecule has 1 N–H and O–H groups in total. The zero-order valence-corrected chi connectivity index (χ0v) is 8.89. The molecule has 1 aliphatic rings. The molecule has 0 aliphatic heterocycles. The first-order valence-corrected chi connectivity index (χ1v) is 5.29. The fourth-order valence-electron chi connectivity index (χ4n) is 2.06. The van der Waals surface area contributed by atoms with Crippen molar-refractivity contribution >= 4 is 0 Å². The number of aliphatic hydroxyl groups excluding tert-OH is 1. The molecule has 2 rings (SSSR count). The predicted octanol–water partition coefficient (Wildman–Crippen LogP) is 2.69. The van der Waals surface area contributed by atoms with Gasteiger partial charge in [-0.2, -0.15) is 0 Å². The Balaban J connectivity index is 2.20. The second kappa shape index (κ2) is 4.49. The first-order valence-electron chi connectivity index (χ1n) is 5.29. The van der Waals surface area contributed by atoms with Gasteiger partial charge in [-0.15, -0.1) is 0 Å². The Morgan fingerprint density at radius 2 is 1.93 bits per heavy atom. The molecule has 1 aromatic rings. The van der Waals surface area contributed by atoms with Crippen molar-refractivity contribution in [1.29, 1.82) is 0 Å². The molecule has 0 heterocycles. The van der Waals surface area contributed by atoms with E-state index >= 15 is 0 Å². The third-order valence-electron chi connectivity index (χ3n) is 2.95. The zero-order valence-electron chi connectivity index (χ0n) is 8.89. The molecule has 2 nitrogen and oxygen atoms in total. The molecular weight excluding hydrogens is 188 g/mol. The van der Waals surface area contributed by atoms with Crippen LogP contribution in [0.3, 0.4) is 0 Å². The van der Waals surface area contributed by atoms with E-state index in [0.717, 1.165) is 24.2 Å². The van der Waals surface area contributed by atoms with Gasteiger partial charge in [0.1, 0.15) is 5.75 Å². The maximum absolute atomic E-state index is 10.2. The van der Waals surface area contributed by atoms with Crippen molar-refractivity contribution in [2.45, 2.75) is 18.9 Å². The van der Waals surface area contributed by atoms with Crippen LogP contribution in [-0.2, 0) is 0 Å². The topological polar surface area (TPSA) is 29.5 Å². The Morgan fingerprint density at radius 3 is 2.60 bits per heavy atom. The van der Waals surface area contributed by atoms with Crippen molar-refractivity contribution < 1.29 is 9.84 Å². The van der Waals surface area contributed by atoms with Crippen LogP contribution < -0.4 is 4.74 Å². The van der Waals surface area contributed by atoms with Gasteiger partial charge < -0.3 is 9.84 Å². The Morgan fingerprint density at radius 1 is 1.27 bits per heavy atom. The normalized spacial score (nSPS) is 18.0. The first-order chi connectivity index (χ1) is 7.33. The summed E-state index contributed by atoms with van der Waals surface area (Å²) in [6.45, 7) is 0. The van der Waals surface area contributed by atoms with Crippen LogP contribution in [0.25, 0.3) is 0 Å². The molecule has 1 atom stereocenters. The van der Waals surface area contributed by atoms with Gasteiger partial charge in [-0.05, 0) is 24.8 Å². The maximum Gasteiger partial charge on any atom is 0.124 e. The average Bonchev–Trinajstić information content (AvgIpc) is 2.81. The summed E-state index contributed by atoms with van der Waals surface area (Å²) in [6, 6.07) is 7.67. The lowest BCUT2D eigenvalue weighted by Gasteiger charge is -2.20. The van der Waals surface area contributed by atoms with Gasteiger partial charge in [0.25, 0.3) is 0 Å². The van der Waals surface area contributed by atoms with Crippen LogP contribution in [0.5, 0.6) is 5.75 Å². The van der Waals surface area contributed by atoms with Gasteiger partial charge in [-0.1, -0.05) is 30.4 Å². The van der Waals surface area contributed by atoms with Gasteiger partial charge >= 0.3 is 0 Å². The summed E-state index contributed by atoms with van der Waals surface area (Å²) in [5.41, 5.74) is 0.897. The highest BCUT2D eigenvalue weighted by Gasteiger charge is 2.23. The number of hydrogen-bond donors (Lipinski definition) is 1. The van der Waals surface area contributed by atoms with Crippen molar-refractivity contribution in [3.05, 3.63) is 42.0 Å². The van der Waals surface area contributed by atoms with E-state index in [2.05, 4.69) is 12.2 Å². The Labute approximate surface area is 90.2 Å². The Hall–Kier alpha value is -1.28. The lowest BCUT2D eigenvalue weighted by molar-refractivity contribution is 0.111. The number of methoxy groups -OCH3 is 1. The van der Waals surface area contributed by atoms with Crippen LogP contribution in [0.2, 0.25) is 0 Å². The maximum atomic E-state index is 10.2. The van der Waals surface area contributed by atoms with Crippen molar-refractivity contribution in [3.63, 3.8) is 0 Å². The monoisotopic (exact) mass is 204 g/mol. The van der Waals surface area contributed by atoms with Gasteiger partial charge in [0, 0.05) is 5.56 Å². The van der Waals surface area contributed by atoms with Crippen LogP contribution in [0.1, 0.15) is 24.5 Å². The summed E-state index contributed by atoms with van der Waals surface area (Å²) in [7, 11) is 1.64. The van der Waals surface area contributed by atoms with Gasteiger partial charge in [-0.3, -0.25) is 0 Å². The molecule has 0 bridgehead atoms. The van der Waals surface area contributed by atoms with E-state index in [1.54, 1.807) is 7.11 Å². The van der Waals surface area contributed by atoms with Crippen LogP contribution in [0.4, 0.5) is 0 Å². The van der Waals surface area contributed by atoms with Crippen LogP contribution in [0.15, 0.2) is 36.4 Å². The molecule has 0 spiro atoms. The molecule has 1 unspecified atom stereocenters. The highest BCUT2D eigenvalue weighted by atomic mass is 16.5. The fourth-order valence-corrected chi connectivity index (χ4v) is 2.06. The van der Waals surface area contributed by atoms with Gasteiger partial charge in [0.15, 0.2) is 0 Å². The van der Waals surface area contributed by atoms with Gasteiger partial charge in [-0.25, -0.2) is 0 Å². The number of para-hydroxylation sites is 1. The molecule has 0 saturated heterocycles. The summed E-state index contributed by atoms with van der Waals surface area (Å²) >= 11 is 0. The molecule has 1 aliphatic carbocycles. The minimum atomic E-state index is -0.420. The smallest absolute Gasteiger partial charge is 0.124 e. The van der Waals surface area contributed by atoms with Crippen molar-refractivity contribution in [2.75, 3.05) is 7.11 Å². The average molecular weight is 204 g/mol. The molecule has 0 amide bonds. The number of rotatable bonds is 3. The third-order valence-corrected chi connectivity index (χ3v) is 2.95. The number of aliphatic hydroxyl groups is 1. The molecule has 0 radical (unpaired) electrons. The second-order valence-corrected chi connectivity index (χ2v) is 3.89. The molecule has 15 heavy (non-hydrogen) atoms. The highest BCUT2D eigenvalue weighted by Crippen LogP contribution is 2.35. The zero-order chi connectivity index (χ0) is 10.7. The van der Waals surface area contributed by atoms with Crippen LogP contribution in [-0.4, -0.2) is 12.2 Å². The van der Waals surface area contributed by atoms with E-state index in [1.807, 2.05) is 24.3 Å². The van der Waals surface area contributed by atoms with Crippen molar-refractivity contribution in [2.24, 2.45) is 5.92 Å². The van der Waals surface area contributed by atoms with E-state index in [1.165, 1.54) is 0 Å². The van der Waals surface area contributed by atoms with E-state index in [0.29, 0.717) is 5.92 Å². The number of benzene rings is 1. The minimum absolute atomic E-state index is 0.307. The SMILES string of the molecule is COc1ccccc1C(O)C1CC=CC1. The van der Waals surface area contributed by atoms with E-state index in [4.69, 9.17) is 4.74 Å². The lowest BCUT2D eigenvalue weighted by atomic mass is 9.93. The summed E-state index contributed by atoms with van der Waals surface area (Å²) in [6.07, 6.45) is 5.75. The van der Waals surface area contributed by atoms with Crippen molar-refractivity contribution in [3.8, 4) is 5.75 Å². The minimum Gasteiger partial charge on any atom is -0.496 e. The van der Waals surface area contributed by atoms with Gasteiger partial charge in [0.2, 0.25) is 0 Å². The molecular formula is C13H16O2. The number of hydrogen-bond acceptors (Lipinski definition) is 2. The van der Waals surface area contributed by atoms with Crippen LogP contribution >= 0.6 is 0 Å². The van der Waals surface area contributed by atoms with E-state index in [9.17, 15) is 5.11 Å². The molecule has 0 saturated carbocycles. The predicted molar refractivity (Wildman–Crippen MR) is 59.8 cm³/mol. The van der Waals surface area contributed by atoms with E-state index in [-0.39, 0.29) is 0 Å². The summed E-state index contributed by atoms with van der Waals surface area (Å²) in [5.74, 6) is 1.08. The second-order valence-electron chi connectivity index (χ2n) is 3.89. The standard InChI is InChI=1S/C13H16O2/c1-15-12-9-5-4-8-11(12)13(14)10-6-2-3-7-10/h2-5,8-10,13-14H,6-7H2,1H3. The summed E-state index contributed by atoms with van der Waals surface area (Å²) in [4.78, 5) is 0. The Bertz CT molecular complexity index is 349. The quantitative estimate of drug-likeness (QED) is 0.767. The van der Waals surface area contributed by atoms with E-state index < -0.39 is 6.10 Å². The molecule has 0 fully saturated rings. The summed E-state index contributed by atoms with van der Waals surface area (Å²) < 4.78 is 5.25. The first kappa shape index (κ1) is 10.2. The largest absolute Gasteiger partial charge is 0.496 e. The lowest BCUT2D eigenvalue weighted by Crippen LogP contribution is -2.10. The summed E-state index contributed by atoms with van der Waals surface area (Å²) in [5, 5.41) is 10.2.